The molecule has 0 bridgehead atoms. The molecule has 4 rings (SSSR count). The third-order valence-corrected chi connectivity index (χ3v) is 6.45. The summed E-state index contributed by atoms with van der Waals surface area (Å²) in [5.41, 5.74) is 3.38. The average molecular weight is 424 g/mol. The molecule has 6 nitrogen and oxygen atoms in total. The number of amides is 1. The quantitative estimate of drug-likeness (QED) is 0.687. The smallest absolute Gasteiger partial charge is 0.233 e. The molecule has 0 saturated carbocycles. The van der Waals surface area contributed by atoms with Gasteiger partial charge in [-0.05, 0) is 56.0 Å². The second kappa shape index (κ2) is 8.97. The van der Waals surface area contributed by atoms with E-state index in [-0.39, 0.29) is 17.7 Å². The molecule has 7 heteroatoms. The van der Waals surface area contributed by atoms with E-state index >= 15 is 0 Å². The maximum absolute atomic E-state index is 13.1. The van der Waals surface area contributed by atoms with Crippen LogP contribution in [0.5, 0.6) is 11.5 Å². The Morgan fingerprint density at radius 2 is 2.03 bits per heavy atom. The molecule has 0 unspecified atom stereocenters. The van der Waals surface area contributed by atoms with Gasteiger partial charge in [0, 0.05) is 18.7 Å². The summed E-state index contributed by atoms with van der Waals surface area (Å²) >= 11 is 1.35. The summed E-state index contributed by atoms with van der Waals surface area (Å²) in [5, 5.41) is 10.1. The molecular formula is C23H25N3O3S. The highest BCUT2D eigenvalue weighted by molar-refractivity contribution is 8.00. The van der Waals surface area contributed by atoms with Crippen molar-refractivity contribution in [3.05, 3.63) is 46.6 Å². The fraction of sp³-hybridized carbons (Fsp3) is 0.435. The van der Waals surface area contributed by atoms with Crippen LogP contribution in [0.15, 0.2) is 29.3 Å². The molecule has 3 heterocycles. The second-order valence-electron chi connectivity index (χ2n) is 7.66. The average Bonchev–Trinajstić information content (AvgIpc) is 3.10. The van der Waals surface area contributed by atoms with Crippen molar-refractivity contribution in [3.63, 3.8) is 0 Å². The van der Waals surface area contributed by atoms with E-state index in [9.17, 15) is 10.1 Å². The normalized spacial score (nSPS) is 18.0. The van der Waals surface area contributed by atoms with Crippen molar-refractivity contribution in [2.75, 3.05) is 25.5 Å². The maximum atomic E-state index is 13.1. The predicted molar refractivity (Wildman–Crippen MR) is 115 cm³/mol. The number of likely N-dealkylation sites (tertiary alicyclic amines) is 1. The number of rotatable bonds is 4. The van der Waals surface area contributed by atoms with Gasteiger partial charge in [-0.3, -0.25) is 4.79 Å². The number of nitrogens with zero attached hydrogens (tertiary/aromatic N) is 3. The van der Waals surface area contributed by atoms with E-state index in [0.717, 1.165) is 54.1 Å². The Hall–Kier alpha value is -2.72. The Morgan fingerprint density at radius 3 is 2.83 bits per heavy atom. The van der Waals surface area contributed by atoms with E-state index < -0.39 is 0 Å². The molecule has 2 aliphatic rings. The number of aryl methyl sites for hydroxylation is 2. The summed E-state index contributed by atoms with van der Waals surface area (Å²) in [6, 6.07) is 10.2. The van der Waals surface area contributed by atoms with Crippen molar-refractivity contribution >= 4 is 17.7 Å². The number of benzene rings is 1. The number of hydrogen-bond donors (Lipinski definition) is 0. The van der Waals surface area contributed by atoms with Crippen LogP contribution in [0, 0.1) is 25.2 Å². The fourth-order valence-corrected chi connectivity index (χ4v) is 5.04. The lowest BCUT2D eigenvalue weighted by molar-refractivity contribution is -0.129. The van der Waals surface area contributed by atoms with E-state index in [4.69, 9.17) is 9.47 Å². The Labute approximate surface area is 181 Å². The lowest BCUT2D eigenvalue weighted by Gasteiger charge is -2.25. The van der Waals surface area contributed by atoms with Crippen LogP contribution in [-0.2, 0) is 4.79 Å². The number of carbonyl (C=O) groups excluding carboxylic acids is 1. The first-order valence-corrected chi connectivity index (χ1v) is 11.3. The molecule has 156 valence electrons. The molecule has 30 heavy (non-hydrogen) atoms. The molecule has 1 amide bonds. The van der Waals surface area contributed by atoms with Crippen LogP contribution < -0.4 is 9.47 Å². The number of pyridine rings is 1. The lowest BCUT2D eigenvalue weighted by Crippen LogP contribution is -2.32. The second-order valence-corrected chi connectivity index (χ2v) is 8.63. The molecule has 0 radical (unpaired) electrons. The van der Waals surface area contributed by atoms with Crippen molar-refractivity contribution < 1.29 is 14.3 Å². The van der Waals surface area contributed by atoms with Crippen LogP contribution in [0.3, 0.4) is 0 Å². The van der Waals surface area contributed by atoms with Gasteiger partial charge < -0.3 is 14.4 Å². The zero-order valence-electron chi connectivity index (χ0n) is 17.3. The summed E-state index contributed by atoms with van der Waals surface area (Å²) in [4.78, 5) is 19.5. The Bertz CT molecular complexity index is 1000. The van der Waals surface area contributed by atoms with Crippen LogP contribution in [0.2, 0.25) is 0 Å². The number of thioether (sulfide) groups is 1. The van der Waals surface area contributed by atoms with Crippen LogP contribution in [0.4, 0.5) is 0 Å². The Balaban J connectivity index is 1.48. The number of hydrogen-bond acceptors (Lipinski definition) is 6. The number of ether oxygens (including phenoxy) is 2. The van der Waals surface area contributed by atoms with Crippen LogP contribution in [0.25, 0.3) is 0 Å². The molecule has 1 fully saturated rings. The molecule has 0 spiro atoms. The number of carbonyl (C=O) groups is 1. The Morgan fingerprint density at radius 1 is 1.23 bits per heavy atom. The summed E-state index contributed by atoms with van der Waals surface area (Å²) in [6.07, 6.45) is 2.77. The highest BCUT2D eigenvalue weighted by Crippen LogP contribution is 2.38. The van der Waals surface area contributed by atoms with E-state index in [2.05, 4.69) is 11.1 Å². The van der Waals surface area contributed by atoms with Crippen molar-refractivity contribution in [2.45, 2.75) is 44.2 Å². The highest BCUT2D eigenvalue weighted by Gasteiger charge is 2.31. The molecule has 2 aromatic rings. The fourth-order valence-electron chi connectivity index (χ4n) is 4.05. The van der Waals surface area contributed by atoms with E-state index in [1.165, 1.54) is 11.8 Å². The van der Waals surface area contributed by atoms with Crippen molar-refractivity contribution in [3.8, 4) is 17.6 Å². The van der Waals surface area contributed by atoms with Gasteiger partial charge in [0.15, 0.2) is 11.5 Å². The van der Waals surface area contributed by atoms with E-state index in [1.54, 1.807) is 0 Å². The van der Waals surface area contributed by atoms with Crippen molar-refractivity contribution in [1.29, 1.82) is 5.26 Å². The topological polar surface area (TPSA) is 75.5 Å². The molecular weight excluding hydrogens is 398 g/mol. The molecule has 1 atom stereocenters. The van der Waals surface area contributed by atoms with Crippen LogP contribution >= 0.6 is 11.8 Å². The molecule has 0 N–H and O–H groups in total. The summed E-state index contributed by atoms with van der Waals surface area (Å²) in [6.45, 7) is 5.85. The third-order valence-electron chi connectivity index (χ3n) is 5.49. The van der Waals surface area contributed by atoms with Gasteiger partial charge in [0.1, 0.15) is 11.1 Å². The first kappa shape index (κ1) is 20.5. The number of aromatic nitrogens is 1. The third kappa shape index (κ3) is 4.24. The maximum Gasteiger partial charge on any atom is 0.233 e. The minimum absolute atomic E-state index is 0.0397. The van der Waals surface area contributed by atoms with Gasteiger partial charge in [0.05, 0.1) is 30.6 Å². The van der Waals surface area contributed by atoms with E-state index in [1.807, 2.05) is 43.0 Å². The van der Waals surface area contributed by atoms with Crippen LogP contribution in [0.1, 0.15) is 47.7 Å². The minimum atomic E-state index is 0.0397. The summed E-state index contributed by atoms with van der Waals surface area (Å²) < 4.78 is 11.6. The van der Waals surface area contributed by atoms with Crippen LogP contribution in [-0.4, -0.2) is 41.3 Å². The lowest BCUT2D eigenvalue weighted by atomic mass is 10.0. The van der Waals surface area contributed by atoms with E-state index in [0.29, 0.717) is 23.8 Å². The number of nitriles is 1. The zero-order chi connectivity index (χ0) is 21.1. The molecule has 0 aliphatic carbocycles. The van der Waals surface area contributed by atoms with Gasteiger partial charge in [-0.15, -0.1) is 0 Å². The van der Waals surface area contributed by atoms with Gasteiger partial charge in [-0.2, -0.15) is 5.26 Å². The first-order valence-electron chi connectivity index (χ1n) is 10.3. The summed E-state index contributed by atoms with van der Waals surface area (Å²) in [5.74, 6) is 1.87. The first-order chi connectivity index (χ1) is 14.6. The van der Waals surface area contributed by atoms with Gasteiger partial charge in [-0.1, -0.05) is 17.8 Å². The van der Waals surface area contributed by atoms with Gasteiger partial charge in [-0.25, -0.2) is 4.98 Å². The molecule has 1 aromatic heterocycles. The minimum Gasteiger partial charge on any atom is -0.490 e. The van der Waals surface area contributed by atoms with Gasteiger partial charge >= 0.3 is 0 Å². The predicted octanol–water partition coefficient (Wildman–Crippen LogP) is 4.19. The van der Waals surface area contributed by atoms with Gasteiger partial charge in [0.25, 0.3) is 0 Å². The largest absolute Gasteiger partial charge is 0.490 e. The van der Waals surface area contributed by atoms with Crippen molar-refractivity contribution in [1.82, 2.24) is 9.88 Å². The monoisotopic (exact) mass is 423 g/mol. The standard InChI is InChI=1S/C23H25N3O3S/c1-15-11-16(2)25-23(18(15)13-24)30-14-22(27)26-8-3-5-19(26)17-6-7-20-21(12-17)29-10-4-9-28-20/h6-7,11-12,19H,3-5,8-10,14H2,1-2H3/t19-/m0/s1. The zero-order valence-corrected chi connectivity index (χ0v) is 18.1. The van der Waals surface area contributed by atoms with Gasteiger partial charge in [0.2, 0.25) is 5.91 Å². The van der Waals surface area contributed by atoms with Crippen molar-refractivity contribution in [2.24, 2.45) is 0 Å². The molecule has 1 saturated heterocycles. The molecule has 1 aromatic carbocycles. The molecule has 2 aliphatic heterocycles. The number of fused-ring (bicyclic) bond motifs is 1. The summed E-state index contributed by atoms with van der Waals surface area (Å²) in [7, 11) is 0. The highest BCUT2D eigenvalue weighted by atomic mass is 32.2. The SMILES string of the molecule is Cc1cc(C)c(C#N)c(SCC(=O)N2CCC[C@H]2c2ccc3c(c2)OCCCO3)n1. The Kier molecular flexibility index (Phi) is 6.14.